The minimum atomic E-state index is -1.56. The minimum absolute atomic E-state index is 0.0448. The SMILES string of the molecule is COc1ccc(C[C@@H]2COC(=O)[C@H]2Cc2ccc(O[C@@H]3O[C@H](CO)[C@@H](O)[C@H](O)[C@H]3O)c(OC)c2)cc1OC. The van der Waals surface area contributed by atoms with Gasteiger partial charge in [0, 0.05) is 5.92 Å². The second-order valence-corrected chi connectivity index (χ2v) is 9.39. The van der Waals surface area contributed by atoms with Gasteiger partial charge in [0.1, 0.15) is 24.4 Å². The number of hydrogen-bond acceptors (Lipinski definition) is 11. The lowest BCUT2D eigenvalue weighted by molar-refractivity contribution is -0.277. The number of esters is 1. The smallest absolute Gasteiger partial charge is 0.309 e. The molecule has 0 bridgehead atoms. The second kappa shape index (κ2) is 12.2. The molecule has 7 atom stereocenters. The van der Waals surface area contributed by atoms with Gasteiger partial charge in [-0.25, -0.2) is 0 Å². The van der Waals surface area contributed by atoms with Gasteiger partial charge in [-0.15, -0.1) is 0 Å². The molecule has 2 aromatic carbocycles. The van der Waals surface area contributed by atoms with Crippen LogP contribution in [0.5, 0.6) is 23.0 Å². The fourth-order valence-corrected chi connectivity index (χ4v) is 4.85. The molecule has 38 heavy (non-hydrogen) atoms. The van der Waals surface area contributed by atoms with Crippen molar-refractivity contribution in [2.24, 2.45) is 11.8 Å². The Balaban J connectivity index is 1.47. The standard InChI is InChI=1S/C27H34O11/c1-33-18-6-4-14(10-20(18)34-2)8-16-13-36-26(32)17(16)9-15-5-7-19(21(11-15)35-3)37-27-25(31)24(30)23(29)22(12-28)38-27/h4-7,10-11,16-17,22-25,27-31H,8-9,12-13H2,1-3H3/t16-,17+,22-,23-,24+,25-,27-/m1/s1. The number of carbonyl (C=O) groups is 1. The van der Waals surface area contributed by atoms with Crippen molar-refractivity contribution in [1.29, 1.82) is 0 Å². The highest BCUT2D eigenvalue weighted by molar-refractivity contribution is 5.75. The molecule has 11 nitrogen and oxygen atoms in total. The molecule has 0 spiro atoms. The van der Waals surface area contributed by atoms with Gasteiger partial charge in [-0.1, -0.05) is 12.1 Å². The van der Waals surface area contributed by atoms with E-state index in [1.54, 1.807) is 32.4 Å². The van der Waals surface area contributed by atoms with Crippen LogP contribution in [0.15, 0.2) is 36.4 Å². The highest BCUT2D eigenvalue weighted by atomic mass is 16.7. The van der Waals surface area contributed by atoms with Gasteiger partial charge in [0.05, 0.1) is 40.5 Å². The van der Waals surface area contributed by atoms with Crippen LogP contribution in [-0.2, 0) is 27.1 Å². The molecular weight excluding hydrogens is 500 g/mol. The maximum Gasteiger partial charge on any atom is 0.309 e. The predicted molar refractivity (Wildman–Crippen MR) is 132 cm³/mol. The van der Waals surface area contributed by atoms with E-state index in [-0.39, 0.29) is 23.6 Å². The van der Waals surface area contributed by atoms with Gasteiger partial charge in [-0.3, -0.25) is 4.79 Å². The quantitative estimate of drug-likeness (QED) is 0.315. The van der Waals surface area contributed by atoms with Crippen LogP contribution in [-0.4, -0.2) is 91.6 Å². The first-order valence-electron chi connectivity index (χ1n) is 12.3. The molecular formula is C27H34O11. The number of aliphatic hydroxyl groups excluding tert-OH is 4. The molecule has 0 radical (unpaired) electrons. The van der Waals surface area contributed by atoms with E-state index in [2.05, 4.69) is 0 Å². The summed E-state index contributed by atoms with van der Waals surface area (Å²) in [5.41, 5.74) is 1.81. The zero-order valence-electron chi connectivity index (χ0n) is 21.5. The average Bonchev–Trinajstić information content (AvgIpc) is 3.27. The van der Waals surface area contributed by atoms with E-state index >= 15 is 0 Å². The Hall–Kier alpha value is -3.09. The summed E-state index contributed by atoms with van der Waals surface area (Å²) in [6.45, 7) is -0.254. The third-order valence-corrected chi connectivity index (χ3v) is 7.03. The van der Waals surface area contributed by atoms with Crippen LogP contribution in [0.25, 0.3) is 0 Å². The van der Waals surface area contributed by atoms with Crippen LogP contribution in [0.4, 0.5) is 0 Å². The van der Waals surface area contributed by atoms with Gasteiger partial charge in [-0.2, -0.15) is 0 Å². The number of benzene rings is 2. The lowest BCUT2D eigenvalue weighted by Gasteiger charge is -2.39. The van der Waals surface area contributed by atoms with Crippen LogP contribution in [0.2, 0.25) is 0 Å². The van der Waals surface area contributed by atoms with Gasteiger partial charge in [-0.05, 0) is 48.2 Å². The summed E-state index contributed by atoms with van der Waals surface area (Å²) in [6, 6.07) is 10.8. The van der Waals surface area contributed by atoms with Crippen molar-refractivity contribution >= 4 is 5.97 Å². The number of methoxy groups -OCH3 is 3. The summed E-state index contributed by atoms with van der Waals surface area (Å²) in [5, 5.41) is 39.7. The third kappa shape index (κ3) is 5.82. The predicted octanol–water partition coefficient (Wildman–Crippen LogP) is 0.466. The number of ether oxygens (including phenoxy) is 6. The molecule has 2 aromatic rings. The normalized spacial score (nSPS) is 29.0. The maximum atomic E-state index is 12.6. The van der Waals surface area contributed by atoms with Gasteiger partial charge in [0.25, 0.3) is 0 Å². The van der Waals surface area contributed by atoms with Crippen molar-refractivity contribution in [2.45, 2.75) is 43.5 Å². The first kappa shape index (κ1) is 27.9. The monoisotopic (exact) mass is 534 g/mol. The molecule has 4 N–H and O–H groups in total. The van der Waals surface area contributed by atoms with Crippen molar-refractivity contribution in [3.63, 3.8) is 0 Å². The van der Waals surface area contributed by atoms with Gasteiger partial charge in [0.15, 0.2) is 23.0 Å². The Kier molecular flexibility index (Phi) is 8.95. The van der Waals surface area contributed by atoms with Crippen LogP contribution in [0.3, 0.4) is 0 Å². The molecule has 0 amide bonds. The van der Waals surface area contributed by atoms with Crippen LogP contribution in [0, 0.1) is 11.8 Å². The molecule has 11 heteroatoms. The summed E-state index contributed by atoms with van der Waals surface area (Å²) >= 11 is 0. The Bertz CT molecular complexity index is 1100. The summed E-state index contributed by atoms with van der Waals surface area (Å²) in [7, 11) is 4.60. The molecule has 4 rings (SSSR count). The van der Waals surface area contributed by atoms with Crippen molar-refractivity contribution < 1.29 is 53.6 Å². The number of rotatable bonds is 10. The third-order valence-electron chi connectivity index (χ3n) is 7.03. The summed E-state index contributed by atoms with van der Waals surface area (Å²) < 4.78 is 32.7. The van der Waals surface area contributed by atoms with Crippen molar-refractivity contribution in [1.82, 2.24) is 0 Å². The molecule has 2 aliphatic heterocycles. The number of hydrogen-bond donors (Lipinski definition) is 4. The van der Waals surface area contributed by atoms with Crippen molar-refractivity contribution in [3.8, 4) is 23.0 Å². The molecule has 0 unspecified atom stereocenters. The van der Waals surface area contributed by atoms with Gasteiger partial charge >= 0.3 is 5.97 Å². The summed E-state index contributed by atoms with van der Waals surface area (Å²) in [4.78, 5) is 12.6. The Morgan fingerprint density at radius 1 is 0.816 bits per heavy atom. The van der Waals surface area contributed by atoms with Crippen molar-refractivity contribution in [2.75, 3.05) is 34.5 Å². The molecule has 2 saturated heterocycles. The van der Waals surface area contributed by atoms with Gasteiger partial charge in [0.2, 0.25) is 6.29 Å². The second-order valence-electron chi connectivity index (χ2n) is 9.39. The number of cyclic esters (lactones) is 1. The highest BCUT2D eigenvalue weighted by Crippen LogP contribution is 2.36. The minimum Gasteiger partial charge on any atom is -0.493 e. The van der Waals surface area contributed by atoms with E-state index in [1.165, 1.54) is 7.11 Å². The van der Waals surface area contributed by atoms with E-state index in [1.807, 2.05) is 18.2 Å². The topological polar surface area (TPSA) is 153 Å². The van der Waals surface area contributed by atoms with Gasteiger partial charge < -0.3 is 48.8 Å². The zero-order chi connectivity index (χ0) is 27.4. The fourth-order valence-electron chi connectivity index (χ4n) is 4.85. The van der Waals surface area contributed by atoms with E-state index in [0.717, 1.165) is 11.1 Å². The number of carbonyl (C=O) groups excluding carboxylic acids is 1. The summed E-state index contributed by atoms with van der Waals surface area (Å²) in [5.74, 6) is 1.10. The molecule has 0 aromatic heterocycles. The molecule has 208 valence electrons. The van der Waals surface area contributed by atoms with E-state index < -0.39 is 37.3 Å². The maximum absolute atomic E-state index is 12.6. The average molecular weight is 535 g/mol. The first-order chi connectivity index (χ1) is 18.3. The molecule has 2 heterocycles. The molecule has 2 fully saturated rings. The van der Waals surface area contributed by atoms with E-state index in [9.17, 15) is 25.2 Å². The zero-order valence-corrected chi connectivity index (χ0v) is 21.5. The van der Waals surface area contributed by atoms with Crippen molar-refractivity contribution in [3.05, 3.63) is 47.5 Å². The van der Waals surface area contributed by atoms with Crippen LogP contribution >= 0.6 is 0 Å². The highest BCUT2D eigenvalue weighted by Gasteiger charge is 2.45. The Morgan fingerprint density at radius 3 is 2.05 bits per heavy atom. The largest absolute Gasteiger partial charge is 0.493 e. The number of aliphatic hydroxyl groups is 4. The van der Waals surface area contributed by atoms with Crippen LogP contribution in [0.1, 0.15) is 11.1 Å². The Morgan fingerprint density at radius 2 is 1.42 bits per heavy atom. The fraction of sp³-hybridized carbons (Fsp3) is 0.519. The lowest BCUT2D eigenvalue weighted by atomic mass is 9.85. The Labute approximate surface area is 220 Å². The molecule has 2 aliphatic rings. The molecule has 0 saturated carbocycles. The lowest BCUT2D eigenvalue weighted by Crippen LogP contribution is -2.60. The molecule has 0 aliphatic carbocycles. The van der Waals surface area contributed by atoms with Crippen LogP contribution < -0.4 is 18.9 Å². The van der Waals surface area contributed by atoms with E-state index in [4.69, 9.17) is 28.4 Å². The van der Waals surface area contributed by atoms with E-state index in [0.29, 0.717) is 36.7 Å². The first-order valence-corrected chi connectivity index (χ1v) is 12.3. The summed E-state index contributed by atoms with van der Waals surface area (Å²) in [6.07, 6.45) is -6.02.